The molecular formula is C15H15FN4S. The maximum atomic E-state index is 13.0. The number of nitrogens with one attached hydrogen (secondary N) is 1. The topological polar surface area (TPSA) is 52.0 Å². The van der Waals surface area contributed by atoms with Gasteiger partial charge in [-0.25, -0.2) is 9.37 Å². The molecule has 0 saturated carbocycles. The van der Waals surface area contributed by atoms with Crippen LogP contribution in [0, 0.1) is 17.1 Å². The third kappa shape index (κ3) is 3.20. The van der Waals surface area contributed by atoms with Crippen molar-refractivity contribution in [2.75, 3.05) is 18.5 Å². The Morgan fingerprint density at radius 1 is 1.48 bits per heavy atom. The van der Waals surface area contributed by atoms with Crippen molar-refractivity contribution in [3.63, 3.8) is 0 Å². The molecule has 1 N–H and O–H groups in total. The summed E-state index contributed by atoms with van der Waals surface area (Å²) in [7, 11) is 1.83. The first-order valence-electron chi connectivity index (χ1n) is 6.40. The Morgan fingerprint density at radius 3 is 2.71 bits per heavy atom. The number of rotatable bonds is 5. The van der Waals surface area contributed by atoms with Crippen LogP contribution in [0.2, 0.25) is 0 Å². The number of benzene rings is 1. The number of halogens is 1. The Balaban J connectivity index is 2.38. The molecule has 0 aliphatic carbocycles. The van der Waals surface area contributed by atoms with Crippen LogP contribution < -0.4 is 10.2 Å². The lowest BCUT2D eigenvalue weighted by molar-refractivity contribution is 0.628. The van der Waals surface area contributed by atoms with Gasteiger partial charge in [-0.05, 0) is 31.2 Å². The third-order valence-electron chi connectivity index (χ3n) is 2.91. The Morgan fingerprint density at radius 2 is 2.14 bits per heavy atom. The zero-order chi connectivity index (χ0) is 15.4. The monoisotopic (exact) mass is 302 g/mol. The number of nitriles is 1. The SMILES string of the molecule is C=C(NCC)N(C)c1nc(-c2ccc(F)cc2)c(C#N)s1. The zero-order valence-corrected chi connectivity index (χ0v) is 12.7. The van der Waals surface area contributed by atoms with E-state index in [1.165, 1.54) is 23.5 Å². The number of thiazole rings is 1. The van der Waals surface area contributed by atoms with Gasteiger partial charge < -0.3 is 10.2 Å². The molecule has 108 valence electrons. The van der Waals surface area contributed by atoms with Crippen LogP contribution >= 0.6 is 11.3 Å². The number of nitrogens with zero attached hydrogens (tertiary/aromatic N) is 3. The Labute approximate surface area is 127 Å². The lowest BCUT2D eigenvalue weighted by atomic mass is 10.1. The second-order valence-electron chi connectivity index (χ2n) is 4.33. The molecule has 0 aliphatic rings. The fourth-order valence-electron chi connectivity index (χ4n) is 1.77. The van der Waals surface area contributed by atoms with Crippen molar-refractivity contribution in [2.45, 2.75) is 6.92 Å². The molecule has 0 saturated heterocycles. The molecule has 0 spiro atoms. The molecule has 0 unspecified atom stereocenters. The van der Waals surface area contributed by atoms with E-state index in [4.69, 9.17) is 0 Å². The second-order valence-corrected chi connectivity index (χ2v) is 5.31. The van der Waals surface area contributed by atoms with Crippen LogP contribution in [-0.2, 0) is 0 Å². The average Bonchev–Trinajstić information content (AvgIpc) is 2.91. The van der Waals surface area contributed by atoms with Gasteiger partial charge in [-0.15, -0.1) is 0 Å². The largest absolute Gasteiger partial charge is 0.372 e. The minimum atomic E-state index is -0.314. The highest BCUT2D eigenvalue weighted by Crippen LogP contribution is 2.32. The fraction of sp³-hybridized carbons (Fsp3) is 0.200. The van der Waals surface area contributed by atoms with Crippen LogP contribution in [-0.4, -0.2) is 18.6 Å². The number of hydrogen-bond acceptors (Lipinski definition) is 5. The highest BCUT2D eigenvalue weighted by Gasteiger charge is 2.16. The molecule has 2 aromatic rings. The summed E-state index contributed by atoms with van der Waals surface area (Å²) in [6.07, 6.45) is 0. The van der Waals surface area contributed by atoms with Crippen molar-refractivity contribution in [1.82, 2.24) is 10.3 Å². The molecule has 2 rings (SSSR count). The molecule has 21 heavy (non-hydrogen) atoms. The molecule has 1 aromatic heterocycles. The number of aromatic nitrogens is 1. The summed E-state index contributed by atoms with van der Waals surface area (Å²) in [6.45, 7) is 6.65. The smallest absolute Gasteiger partial charge is 0.192 e. The molecule has 0 bridgehead atoms. The lowest BCUT2D eigenvalue weighted by Gasteiger charge is -2.18. The van der Waals surface area contributed by atoms with E-state index in [2.05, 4.69) is 22.9 Å². The van der Waals surface area contributed by atoms with Gasteiger partial charge in [0, 0.05) is 19.2 Å². The molecule has 0 amide bonds. The highest BCUT2D eigenvalue weighted by atomic mass is 32.1. The Bertz CT molecular complexity index is 685. The second kappa shape index (κ2) is 6.37. The summed E-state index contributed by atoms with van der Waals surface area (Å²) in [5.74, 6) is 0.395. The molecule has 0 atom stereocenters. The Hall–Kier alpha value is -2.39. The van der Waals surface area contributed by atoms with Gasteiger partial charge in [0.15, 0.2) is 5.13 Å². The van der Waals surface area contributed by atoms with Crippen molar-refractivity contribution in [2.24, 2.45) is 0 Å². The van der Waals surface area contributed by atoms with Crippen LogP contribution in [0.25, 0.3) is 11.3 Å². The van der Waals surface area contributed by atoms with Crippen molar-refractivity contribution in [1.29, 1.82) is 5.26 Å². The predicted molar refractivity (Wildman–Crippen MR) is 83.4 cm³/mol. The van der Waals surface area contributed by atoms with E-state index >= 15 is 0 Å². The first kappa shape index (κ1) is 15.0. The molecule has 1 heterocycles. The minimum absolute atomic E-state index is 0.314. The zero-order valence-electron chi connectivity index (χ0n) is 11.9. The maximum absolute atomic E-state index is 13.0. The summed E-state index contributed by atoms with van der Waals surface area (Å²) in [4.78, 5) is 6.77. The van der Waals surface area contributed by atoms with Crippen LogP contribution in [0.1, 0.15) is 11.8 Å². The Kier molecular flexibility index (Phi) is 4.55. The predicted octanol–water partition coefficient (Wildman–Crippen LogP) is 3.34. The summed E-state index contributed by atoms with van der Waals surface area (Å²) < 4.78 is 13.0. The van der Waals surface area contributed by atoms with E-state index < -0.39 is 0 Å². The van der Waals surface area contributed by atoms with Crippen LogP contribution in [0.15, 0.2) is 36.7 Å². The minimum Gasteiger partial charge on any atom is -0.372 e. The van der Waals surface area contributed by atoms with E-state index in [1.54, 1.807) is 17.0 Å². The molecule has 0 radical (unpaired) electrons. The first-order valence-corrected chi connectivity index (χ1v) is 7.21. The van der Waals surface area contributed by atoms with E-state index in [0.29, 0.717) is 21.5 Å². The highest BCUT2D eigenvalue weighted by molar-refractivity contribution is 7.16. The van der Waals surface area contributed by atoms with E-state index in [0.717, 1.165) is 12.1 Å². The normalized spacial score (nSPS) is 10.0. The van der Waals surface area contributed by atoms with Crippen molar-refractivity contribution in [3.8, 4) is 17.3 Å². The number of hydrogen-bond donors (Lipinski definition) is 1. The molecular weight excluding hydrogens is 287 g/mol. The summed E-state index contributed by atoms with van der Waals surface area (Å²) in [5, 5.41) is 13.0. The molecule has 0 aliphatic heterocycles. The van der Waals surface area contributed by atoms with Gasteiger partial charge in [0.25, 0.3) is 0 Å². The van der Waals surface area contributed by atoms with Gasteiger partial charge in [0.1, 0.15) is 22.5 Å². The molecule has 4 nitrogen and oxygen atoms in total. The van der Waals surface area contributed by atoms with Crippen molar-refractivity contribution >= 4 is 16.5 Å². The van der Waals surface area contributed by atoms with E-state index in [1.807, 2.05) is 14.0 Å². The maximum Gasteiger partial charge on any atom is 0.192 e. The lowest BCUT2D eigenvalue weighted by Crippen LogP contribution is -2.27. The van der Waals surface area contributed by atoms with Gasteiger partial charge in [-0.3, -0.25) is 0 Å². The number of anilines is 1. The average molecular weight is 302 g/mol. The van der Waals surface area contributed by atoms with Gasteiger partial charge in [-0.2, -0.15) is 5.26 Å². The van der Waals surface area contributed by atoms with Crippen LogP contribution in [0.4, 0.5) is 9.52 Å². The first-order chi connectivity index (χ1) is 10.1. The summed E-state index contributed by atoms with van der Waals surface area (Å²) >= 11 is 1.28. The van der Waals surface area contributed by atoms with Crippen molar-refractivity contribution < 1.29 is 4.39 Å². The standard InChI is InChI=1S/C15H15FN4S/c1-4-18-10(2)20(3)15-19-14(13(9-17)21-15)11-5-7-12(16)8-6-11/h5-8,18H,2,4H2,1,3H3. The van der Waals surface area contributed by atoms with Gasteiger partial charge in [-0.1, -0.05) is 17.9 Å². The quantitative estimate of drug-likeness (QED) is 0.920. The molecule has 1 aromatic carbocycles. The van der Waals surface area contributed by atoms with Gasteiger partial charge in [0.2, 0.25) is 0 Å². The molecule has 0 fully saturated rings. The van der Waals surface area contributed by atoms with Gasteiger partial charge >= 0.3 is 0 Å². The fourth-order valence-corrected chi connectivity index (χ4v) is 2.64. The summed E-state index contributed by atoms with van der Waals surface area (Å²) in [5.41, 5.74) is 1.28. The van der Waals surface area contributed by atoms with Crippen LogP contribution in [0.3, 0.4) is 0 Å². The van der Waals surface area contributed by atoms with E-state index in [-0.39, 0.29) is 5.82 Å². The van der Waals surface area contributed by atoms with Crippen molar-refractivity contribution in [3.05, 3.63) is 47.4 Å². The van der Waals surface area contributed by atoms with E-state index in [9.17, 15) is 9.65 Å². The van der Waals surface area contributed by atoms with Crippen LogP contribution in [0.5, 0.6) is 0 Å². The summed E-state index contributed by atoms with van der Waals surface area (Å²) in [6, 6.07) is 8.09. The third-order valence-corrected chi connectivity index (χ3v) is 3.94. The molecule has 6 heteroatoms. The van der Waals surface area contributed by atoms with Gasteiger partial charge in [0.05, 0.1) is 5.82 Å².